The van der Waals surface area contributed by atoms with Gasteiger partial charge in [0.1, 0.15) is 11.5 Å². The van der Waals surface area contributed by atoms with Gasteiger partial charge in [-0.2, -0.15) is 0 Å². The summed E-state index contributed by atoms with van der Waals surface area (Å²) in [6.07, 6.45) is 1.63. The second-order valence-electron chi connectivity index (χ2n) is 4.16. The summed E-state index contributed by atoms with van der Waals surface area (Å²) in [6.45, 7) is 1.80. The van der Waals surface area contributed by atoms with Crippen molar-refractivity contribution in [2.24, 2.45) is 0 Å². The van der Waals surface area contributed by atoms with Crippen molar-refractivity contribution in [2.45, 2.75) is 13.0 Å². The molecular formula is C13H11BrFN3O2. The average molecular weight is 340 g/mol. The summed E-state index contributed by atoms with van der Waals surface area (Å²) in [4.78, 5) is 14.6. The number of hydrogen-bond donors (Lipinski definition) is 1. The number of halogens is 2. The van der Waals surface area contributed by atoms with E-state index in [-0.39, 0.29) is 21.9 Å². The average Bonchev–Trinajstić information content (AvgIpc) is 2.43. The van der Waals surface area contributed by atoms with Gasteiger partial charge in [0.05, 0.1) is 21.1 Å². The Morgan fingerprint density at radius 1 is 1.45 bits per heavy atom. The van der Waals surface area contributed by atoms with E-state index in [9.17, 15) is 14.5 Å². The fourth-order valence-electron chi connectivity index (χ4n) is 1.74. The Bertz CT molecular complexity index is 637. The lowest BCUT2D eigenvalue weighted by Gasteiger charge is -2.15. The fraction of sp³-hybridized carbons (Fsp3) is 0.154. The highest BCUT2D eigenvalue weighted by molar-refractivity contribution is 9.10. The van der Waals surface area contributed by atoms with Crippen LogP contribution in [-0.2, 0) is 0 Å². The van der Waals surface area contributed by atoms with Gasteiger partial charge < -0.3 is 5.32 Å². The van der Waals surface area contributed by atoms with E-state index < -0.39 is 10.7 Å². The van der Waals surface area contributed by atoms with Crippen molar-refractivity contribution < 1.29 is 9.31 Å². The maximum Gasteiger partial charge on any atom is 0.293 e. The van der Waals surface area contributed by atoms with E-state index in [1.165, 1.54) is 0 Å². The zero-order valence-corrected chi connectivity index (χ0v) is 12.1. The first-order chi connectivity index (χ1) is 9.49. The Kier molecular flexibility index (Phi) is 4.29. The van der Waals surface area contributed by atoms with Crippen LogP contribution in [0, 0.1) is 15.9 Å². The number of pyridine rings is 1. The summed E-state index contributed by atoms with van der Waals surface area (Å²) in [6, 6.07) is 7.34. The van der Waals surface area contributed by atoms with Gasteiger partial charge >= 0.3 is 0 Å². The Morgan fingerprint density at radius 2 is 2.20 bits per heavy atom. The fourth-order valence-corrected chi connectivity index (χ4v) is 2.07. The third-order valence-electron chi connectivity index (χ3n) is 2.74. The number of nitrogens with one attached hydrogen (secondary N) is 1. The summed E-state index contributed by atoms with van der Waals surface area (Å²) in [5.74, 6) is -0.564. The minimum atomic E-state index is -0.564. The largest absolute Gasteiger partial charge is 0.371 e. The van der Waals surface area contributed by atoms with Gasteiger partial charge in [0, 0.05) is 18.3 Å². The molecule has 1 unspecified atom stereocenters. The molecule has 0 bridgehead atoms. The van der Waals surface area contributed by atoms with Crippen LogP contribution in [0.15, 0.2) is 41.0 Å². The molecule has 5 nitrogen and oxygen atoms in total. The molecule has 0 aliphatic rings. The number of anilines is 1. The molecule has 1 heterocycles. The molecule has 1 aromatic carbocycles. The molecule has 20 heavy (non-hydrogen) atoms. The minimum absolute atomic E-state index is 0.0558. The highest BCUT2D eigenvalue weighted by Crippen LogP contribution is 2.32. The summed E-state index contributed by atoms with van der Waals surface area (Å²) in [5.41, 5.74) is 0.639. The SMILES string of the molecule is CC(Nc1cc(F)c(Br)cc1[N+](=O)[O-])c1ccccn1. The van der Waals surface area contributed by atoms with Crippen molar-refractivity contribution in [3.63, 3.8) is 0 Å². The van der Waals surface area contributed by atoms with Crippen molar-refractivity contribution in [1.29, 1.82) is 0 Å². The van der Waals surface area contributed by atoms with Crippen LogP contribution in [0.3, 0.4) is 0 Å². The van der Waals surface area contributed by atoms with Crippen LogP contribution in [0.25, 0.3) is 0 Å². The number of nitro benzene ring substituents is 1. The van der Waals surface area contributed by atoms with Crippen molar-refractivity contribution in [3.05, 3.63) is 62.6 Å². The Morgan fingerprint density at radius 3 is 2.80 bits per heavy atom. The first-order valence-electron chi connectivity index (χ1n) is 5.80. The van der Waals surface area contributed by atoms with Crippen molar-refractivity contribution >= 4 is 27.3 Å². The van der Waals surface area contributed by atoms with E-state index in [2.05, 4.69) is 26.2 Å². The highest BCUT2D eigenvalue weighted by atomic mass is 79.9. The van der Waals surface area contributed by atoms with Gasteiger partial charge in [-0.1, -0.05) is 6.07 Å². The van der Waals surface area contributed by atoms with Crippen molar-refractivity contribution in [2.75, 3.05) is 5.32 Å². The van der Waals surface area contributed by atoms with Crippen LogP contribution in [0.1, 0.15) is 18.7 Å². The molecule has 0 aliphatic carbocycles. The van der Waals surface area contributed by atoms with Crippen LogP contribution in [0.2, 0.25) is 0 Å². The molecule has 104 valence electrons. The predicted octanol–water partition coefficient (Wildman–Crippen LogP) is 4.06. The normalized spacial score (nSPS) is 11.9. The quantitative estimate of drug-likeness (QED) is 0.673. The van der Waals surface area contributed by atoms with Gasteiger partial charge in [0.25, 0.3) is 5.69 Å². The smallest absolute Gasteiger partial charge is 0.293 e. The molecule has 0 saturated heterocycles. The van der Waals surface area contributed by atoms with Gasteiger partial charge in [-0.3, -0.25) is 15.1 Å². The standard InChI is InChI=1S/C13H11BrFN3O2/c1-8(11-4-2-3-5-16-11)17-12-7-10(15)9(14)6-13(12)18(19)20/h2-8,17H,1H3. The molecule has 1 aromatic heterocycles. The van der Waals surface area contributed by atoms with Gasteiger partial charge in [0.15, 0.2) is 0 Å². The van der Waals surface area contributed by atoms with Crippen LogP contribution in [0.5, 0.6) is 0 Å². The van der Waals surface area contributed by atoms with Crippen LogP contribution >= 0.6 is 15.9 Å². The first-order valence-corrected chi connectivity index (χ1v) is 6.59. The van der Waals surface area contributed by atoms with Crippen LogP contribution in [0.4, 0.5) is 15.8 Å². The molecule has 0 saturated carbocycles. The number of rotatable bonds is 4. The lowest BCUT2D eigenvalue weighted by atomic mass is 10.2. The summed E-state index contributed by atoms with van der Waals surface area (Å²) in [5, 5.41) is 13.9. The number of nitrogens with zero attached hydrogens (tertiary/aromatic N) is 2. The van der Waals surface area contributed by atoms with E-state index in [1.807, 2.05) is 6.07 Å². The van der Waals surface area contributed by atoms with E-state index in [4.69, 9.17) is 0 Å². The maximum atomic E-state index is 13.6. The molecule has 1 N–H and O–H groups in total. The molecular weight excluding hydrogens is 329 g/mol. The first kappa shape index (κ1) is 14.4. The molecule has 0 spiro atoms. The number of benzene rings is 1. The third kappa shape index (κ3) is 3.11. The number of aromatic nitrogens is 1. The molecule has 0 amide bonds. The summed E-state index contributed by atoms with van der Waals surface area (Å²) in [7, 11) is 0. The van der Waals surface area contributed by atoms with Crippen LogP contribution in [-0.4, -0.2) is 9.91 Å². The maximum absolute atomic E-state index is 13.6. The lowest BCUT2D eigenvalue weighted by Crippen LogP contribution is -2.10. The Balaban J connectivity index is 2.33. The van der Waals surface area contributed by atoms with Gasteiger partial charge in [-0.05, 0) is 35.0 Å². The van der Waals surface area contributed by atoms with Gasteiger partial charge in [0.2, 0.25) is 0 Å². The van der Waals surface area contributed by atoms with Gasteiger partial charge in [-0.15, -0.1) is 0 Å². The van der Waals surface area contributed by atoms with E-state index in [0.717, 1.165) is 12.1 Å². The molecule has 0 aliphatic heterocycles. The Hall–Kier alpha value is -2.02. The van der Waals surface area contributed by atoms with Crippen molar-refractivity contribution in [3.8, 4) is 0 Å². The summed E-state index contributed by atoms with van der Waals surface area (Å²) >= 11 is 2.94. The number of nitro groups is 1. The second-order valence-corrected chi connectivity index (χ2v) is 5.02. The van der Waals surface area contributed by atoms with E-state index in [1.54, 1.807) is 25.3 Å². The van der Waals surface area contributed by atoms with E-state index in [0.29, 0.717) is 5.69 Å². The predicted molar refractivity (Wildman–Crippen MR) is 77.0 cm³/mol. The topological polar surface area (TPSA) is 68.1 Å². The monoisotopic (exact) mass is 339 g/mol. The number of hydrogen-bond acceptors (Lipinski definition) is 4. The van der Waals surface area contributed by atoms with Crippen LogP contribution < -0.4 is 5.32 Å². The second kappa shape index (κ2) is 5.96. The van der Waals surface area contributed by atoms with E-state index >= 15 is 0 Å². The molecule has 2 aromatic rings. The Labute approximate surface area is 123 Å². The molecule has 0 fully saturated rings. The van der Waals surface area contributed by atoms with Crippen molar-refractivity contribution in [1.82, 2.24) is 4.98 Å². The highest BCUT2D eigenvalue weighted by Gasteiger charge is 2.19. The summed E-state index contributed by atoms with van der Waals surface area (Å²) < 4.78 is 13.6. The zero-order chi connectivity index (χ0) is 14.7. The lowest BCUT2D eigenvalue weighted by molar-refractivity contribution is -0.384. The molecule has 7 heteroatoms. The molecule has 2 rings (SSSR count). The third-order valence-corrected chi connectivity index (χ3v) is 3.35. The minimum Gasteiger partial charge on any atom is -0.371 e. The molecule has 0 radical (unpaired) electrons. The van der Waals surface area contributed by atoms with Gasteiger partial charge in [-0.25, -0.2) is 4.39 Å². The molecule has 1 atom stereocenters. The zero-order valence-electron chi connectivity index (χ0n) is 10.5.